The standard InChI is InChI=1S/C26H44N10O13/c1-9(37)19(31)24(46)36-20(10(2)38)25(47)34-13(7-17(29)41)23(45)33-11(3-5-15(27)39)21(43)32-12(4-6-16(28)40)22(44)35-14(26(48)49)8-18(30)42/h9-14,19-20,37-38H,3-8,31H2,1-2H3,(H2,27,39)(H2,28,40)(H2,29,41)(H2,30,42)(H,32,43)(H,33,45)(H,34,47)(H,35,44)(H,36,46)(H,48,49)/t9-,10-,11+,12+,13+,14+,19+,20+/m1/s1. The Morgan fingerprint density at radius 2 is 0.878 bits per heavy atom. The Bertz CT molecular complexity index is 1280. The number of carbonyl (C=O) groups excluding carboxylic acids is 9. The molecule has 0 saturated heterocycles. The monoisotopic (exact) mass is 704 g/mol. The van der Waals surface area contributed by atoms with Crippen LogP contribution in [0.1, 0.15) is 52.4 Å². The van der Waals surface area contributed by atoms with Crippen LogP contribution in [0.3, 0.4) is 0 Å². The summed E-state index contributed by atoms with van der Waals surface area (Å²) in [6, 6.07) is -10.4. The molecule has 0 radical (unpaired) electrons. The first-order valence-electron chi connectivity index (χ1n) is 14.6. The van der Waals surface area contributed by atoms with Gasteiger partial charge in [0.25, 0.3) is 0 Å². The Balaban J connectivity index is 6.26. The normalized spacial score (nSPS) is 15.7. The summed E-state index contributed by atoms with van der Waals surface area (Å²) in [6.45, 7) is 2.27. The molecule has 49 heavy (non-hydrogen) atoms. The first-order chi connectivity index (χ1) is 22.6. The van der Waals surface area contributed by atoms with Gasteiger partial charge in [0.05, 0.1) is 25.0 Å². The molecule has 9 amide bonds. The number of rotatable bonds is 23. The minimum atomic E-state index is -1.86. The summed E-state index contributed by atoms with van der Waals surface area (Å²) in [5.74, 6) is -11.7. The zero-order valence-electron chi connectivity index (χ0n) is 26.7. The maximum Gasteiger partial charge on any atom is 0.326 e. The van der Waals surface area contributed by atoms with Gasteiger partial charge < -0.3 is 70.6 Å². The molecule has 0 rings (SSSR count). The molecule has 0 aromatic carbocycles. The van der Waals surface area contributed by atoms with Crippen LogP contribution < -0.4 is 55.3 Å². The molecule has 0 aromatic rings. The molecular weight excluding hydrogens is 660 g/mol. The van der Waals surface area contributed by atoms with E-state index >= 15 is 0 Å². The topological polar surface area (TPSA) is 422 Å². The van der Waals surface area contributed by atoms with Gasteiger partial charge >= 0.3 is 5.97 Å². The minimum Gasteiger partial charge on any atom is -0.480 e. The van der Waals surface area contributed by atoms with Gasteiger partial charge in [-0.2, -0.15) is 0 Å². The number of aliphatic hydroxyl groups excluding tert-OH is 2. The maximum absolute atomic E-state index is 13.3. The molecule has 0 aliphatic rings. The highest BCUT2D eigenvalue weighted by molar-refractivity contribution is 5.98. The van der Waals surface area contributed by atoms with Crippen LogP contribution in [-0.2, 0) is 47.9 Å². The van der Waals surface area contributed by atoms with Crippen molar-refractivity contribution in [1.29, 1.82) is 0 Å². The second kappa shape index (κ2) is 20.7. The van der Waals surface area contributed by atoms with Crippen LogP contribution >= 0.6 is 0 Å². The molecular formula is C26H44N10O13. The van der Waals surface area contributed by atoms with E-state index in [9.17, 15) is 63.3 Å². The lowest BCUT2D eigenvalue weighted by Crippen LogP contribution is -2.61. The molecule has 276 valence electrons. The second-order valence-corrected chi connectivity index (χ2v) is 10.9. The lowest BCUT2D eigenvalue weighted by atomic mass is 10.0. The summed E-state index contributed by atoms with van der Waals surface area (Å²) in [5, 5.41) is 39.4. The van der Waals surface area contributed by atoms with Crippen LogP contribution in [0, 0.1) is 0 Å². The molecule has 0 bridgehead atoms. The lowest BCUT2D eigenvalue weighted by molar-refractivity contribution is -0.144. The summed E-state index contributed by atoms with van der Waals surface area (Å²) in [4.78, 5) is 122. The first-order valence-corrected chi connectivity index (χ1v) is 14.6. The zero-order valence-corrected chi connectivity index (χ0v) is 26.7. The van der Waals surface area contributed by atoms with Gasteiger partial charge in [-0.25, -0.2) is 4.79 Å². The molecule has 0 unspecified atom stereocenters. The van der Waals surface area contributed by atoms with Gasteiger partial charge in [-0.3, -0.25) is 43.2 Å². The van der Waals surface area contributed by atoms with E-state index in [4.69, 9.17) is 28.7 Å². The number of nitrogens with one attached hydrogen (secondary N) is 5. The Labute approximate surface area is 278 Å². The van der Waals surface area contributed by atoms with E-state index in [1.54, 1.807) is 0 Å². The van der Waals surface area contributed by atoms with E-state index in [1.807, 2.05) is 5.32 Å². The highest BCUT2D eigenvalue weighted by Crippen LogP contribution is 2.06. The molecule has 0 fully saturated rings. The molecule has 0 saturated carbocycles. The van der Waals surface area contributed by atoms with Crippen molar-refractivity contribution in [3.05, 3.63) is 0 Å². The van der Waals surface area contributed by atoms with E-state index in [0.717, 1.165) is 6.92 Å². The Hall–Kier alpha value is -5.42. The van der Waals surface area contributed by atoms with E-state index in [2.05, 4.69) is 21.3 Å². The molecule has 0 heterocycles. The Kier molecular flexibility index (Phi) is 18.4. The molecule has 23 nitrogen and oxygen atoms in total. The number of aliphatic carboxylic acids is 1. The average molecular weight is 705 g/mol. The number of nitrogens with two attached hydrogens (primary N) is 5. The zero-order chi connectivity index (χ0) is 38.2. The predicted molar refractivity (Wildman–Crippen MR) is 163 cm³/mol. The van der Waals surface area contributed by atoms with Crippen molar-refractivity contribution in [1.82, 2.24) is 26.6 Å². The number of carboxylic acids is 1. The maximum atomic E-state index is 13.3. The molecule has 0 aliphatic carbocycles. The summed E-state index contributed by atoms with van der Waals surface area (Å²) in [6.07, 6.45) is -6.78. The summed E-state index contributed by atoms with van der Waals surface area (Å²) in [5.41, 5.74) is 26.0. The SMILES string of the molecule is C[C@@H](O)[C@H](N)C(=O)N[C@H](C(=O)N[C@@H](CC(N)=O)C(=O)N[C@@H](CCC(N)=O)C(=O)N[C@@H](CCC(N)=O)C(=O)N[C@@H](CC(N)=O)C(=O)O)[C@@H](C)O. The smallest absolute Gasteiger partial charge is 0.326 e. The van der Waals surface area contributed by atoms with E-state index < -0.39 is 146 Å². The minimum absolute atomic E-state index is 0.502. The second-order valence-electron chi connectivity index (χ2n) is 10.9. The number of carboxylic acid groups (broad SMARTS) is 1. The van der Waals surface area contributed by atoms with Crippen molar-refractivity contribution in [2.75, 3.05) is 0 Å². The average Bonchev–Trinajstić information content (AvgIpc) is 2.97. The van der Waals surface area contributed by atoms with Crippen LogP contribution in [0.15, 0.2) is 0 Å². The molecule has 0 aliphatic heterocycles. The predicted octanol–water partition coefficient (Wildman–Crippen LogP) is -8.13. The van der Waals surface area contributed by atoms with Gasteiger partial charge in [0.15, 0.2) is 0 Å². The van der Waals surface area contributed by atoms with Crippen molar-refractivity contribution in [3.8, 4) is 0 Å². The third kappa shape index (κ3) is 16.8. The van der Waals surface area contributed by atoms with Crippen LogP contribution in [-0.4, -0.2) is 123 Å². The van der Waals surface area contributed by atoms with Crippen molar-refractivity contribution in [2.45, 2.75) is 101 Å². The number of primary amides is 4. The van der Waals surface area contributed by atoms with Crippen LogP contribution in [0.4, 0.5) is 0 Å². The molecule has 18 N–H and O–H groups in total. The van der Waals surface area contributed by atoms with Crippen molar-refractivity contribution in [2.24, 2.45) is 28.7 Å². The van der Waals surface area contributed by atoms with E-state index in [0.29, 0.717) is 0 Å². The summed E-state index contributed by atoms with van der Waals surface area (Å²) in [7, 11) is 0. The number of amides is 9. The highest BCUT2D eigenvalue weighted by atomic mass is 16.4. The number of carbonyl (C=O) groups is 10. The molecule has 8 atom stereocenters. The molecule has 0 aromatic heterocycles. The number of hydrogen-bond donors (Lipinski definition) is 13. The Morgan fingerprint density at radius 1 is 0.510 bits per heavy atom. The van der Waals surface area contributed by atoms with Gasteiger partial charge in [0.2, 0.25) is 53.2 Å². The van der Waals surface area contributed by atoms with Crippen molar-refractivity contribution in [3.63, 3.8) is 0 Å². The largest absolute Gasteiger partial charge is 0.480 e. The van der Waals surface area contributed by atoms with E-state index in [1.165, 1.54) is 6.92 Å². The molecule has 0 spiro atoms. The Morgan fingerprint density at radius 3 is 1.22 bits per heavy atom. The molecule has 23 heteroatoms. The van der Waals surface area contributed by atoms with Crippen LogP contribution in [0.25, 0.3) is 0 Å². The van der Waals surface area contributed by atoms with Gasteiger partial charge in [0, 0.05) is 12.8 Å². The first kappa shape index (κ1) is 43.6. The van der Waals surface area contributed by atoms with Crippen molar-refractivity contribution >= 4 is 59.1 Å². The van der Waals surface area contributed by atoms with Gasteiger partial charge in [-0.05, 0) is 26.7 Å². The third-order valence-corrected chi connectivity index (χ3v) is 6.57. The van der Waals surface area contributed by atoms with Gasteiger partial charge in [0.1, 0.15) is 36.3 Å². The fourth-order valence-corrected chi connectivity index (χ4v) is 3.87. The summed E-state index contributed by atoms with van der Waals surface area (Å²) < 4.78 is 0. The van der Waals surface area contributed by atoms with Gasteiger partial charge in [-0.1, -0.05) is 0 Å². The number of hydrogen-bond acceptors (Lipinski definition) is 13. The van der Waals surface area contributed by atoms with Gasteiger partial charge in [-0.15, -0.1) is 0 Å². The van der Waals surface area contributed by atoms with E-state index in [-0.39, 0.29) is 0 Å². The number of aliphatic hydroxyl groups is 2. The summed E-state index contributed by atoms with van der Waals surface area (Å²) >= 11 is 0. The third-order valence-electron chi connectivity index (χ3n) is 6.57. The fraction of sp³-hybridized carbons (Fsp3) is 0.615. The van der Waals surface area contributed by atoms with Crippen molar-refractivity contribution < 1.29 is 63.3 Å². The lowest BCUT2D eigenvalue weighted by Gasteiger charge is -2.27. The fourth-order valence-electron chi connectivity index (χ4n) is 3.87. The quantitative estimate of drug-likeness (QED) is 0.0470. The highest BCUT2D eigenvalue weighted by Gasteiger charge is 2.35. The van der Waals surface area contributed by atoms with Crippen LogP contribution in [0.2, 0.25) is 0 Å². The van der Waals surface area contributed by atoms with Crippen LogP contribution in [0.5, 0.6) is 0 Å².